The van der Waals surface area contributed by atoms with Crippen molar-refractivity contribution in [2.75, 3.05) is 0 Å². The minimum atomic E-state index is -0.546. The van der Waals surface area contributed by atoms with Crippen molar-refractivity contribution in [2.45, 2.75) is 5.41 Å². The topological polar surface area (TPSA) is 38.9 Å². The van der Waals surface area contributed by atoms with E-state index in [1.54, 1.807) is 0 Å². The summed E-state index contributed by atoms with van der Waals surface area (Å²) in [6, 6.07) is 69.4. The van der Waals surface area contributed by atoms with Gasteiger partial charge in [-0.15, -0.1) is 0 Å². The van der Waals surface area contributed by atoms with E-state index in [0.29, 0.717) is 5.82 Å². The predicted octanol–water partition coefficient (Wildman–Crippen LogP) is 13.4. The average molecular weight is 713 g/mol. The van der Waals surface area contributed by atoms with Crippen LogP contribution in [-0.4, -0.2) is 9.97 Å². The molecule has 0 atom stereocenters. The minimum Gasteiger partial charge on any atom is -0.455 e. The maximum absolute atomic E-state index is 6.63. The van der Waals surface area contributed by atoms with Gasteiger partial charge in [0.05, 0.1) is 16.8 Å². The number of aromatic nitrogens is 2. The maximum atomic E-state index is 6.63. The number of rotatable bonds is 4. The molecule has 2 aliphatic carbocycles. The van der Waals surface area contributed by atoms with Gasteiger partial charge in [0, 0.05) is 27.5 Å². The molecule has 2 heterocycles. The van der Waals surface area contributed by atoms with E-state index >= 15 is 0 Å². The molecule has 1 spiro atoms. The van der Waals surface area contributed by atoms with Gasteiger partial charge in [0.15, 0.2) is 5.82 Å². The van der Waals surface area contributed by atoms with Crippen LogP contribution in [0.25, 0.3) is 89.2 Å². The van der Waals surface area contributed by atoms with E-state index in [1.165, 1.54) is 44.5 Å². The Bertz CT molecular complexity index is 3150. The van der Waals surface area contributed by atoms with Gasteiger partial charge in [-0.3, -0.25) is 0 Å². The fraction of sp³-hybridized carbons (Fsp3) is 0.0189. The van der Waals surface area contributed by atoms with Crippen LogP contribution in [-0.2, 0) is 5.41 Å². The molecule has 2 aromatic heterocycles. The van der Waals surface area contributed by atoms with Gasteiger partial charge in [-0.25, -0.2) is 9.97 Å². The first-order valence-corrected chi connectivity index (χ1v) is 19.2. The van der Waals surface area contributed by atoms with Crippen molar-refractivity contribution < 1.29 is 4.42 Å². The molecule has 0 radical (unpaired) electrons. The smallest absolute Gasteiger partial charge is 0.160 e. The molecule has 3 nitrogen and oxygen atoms in total. The maximum Gasteiger partial charge on any atom is 0.160 e. The molecule has 56 heavy (non-hydrogen) atoms. The molecule has 10 aromatic rings. The summed E-state index contributed by atoms with van der Waals surface area (Å²) in [4.78, 5) is 11.1. The molecule has 2 aliphatic rings. The first-order valence-electron chi connectivity index (χ1n) is 19.2. The van der Waals surface area contributed by atoms with Gasteiger partial charge >= 0.3 is 0 Å². The number of benzene rings is 8. The van der Waals surface area contributed by atoms with Gasteiger partial charge < -0.3 is 4.42 Å². The monoisotopic (exact) mass is 712 g/mol. The summed E-state index contributed by atoms with van der Waals surface area (Å²) in [5.74, 6) is 0.680. The Balaban J connectivity index is 1.19. The summed E-state index contributed by atoms with van der Waals surface area (Å²) in [6.45, 7) is 0. The zero-order chi connectivity index (χ0) is 36.8. The Labute approximate surface area is 324 Å². The van der Waals surface area contributed by atoms with Crippen molar-refractivity contribution >= 4 is 21.9 Å². The van der Waals surface area contributed by atoms with Gasteiger partial charge in [0.25, 0.3) is 0 Å². The van der Waals surface area contributed by atoms with Crippen molar-refractivity contribution in [1.29, 1.82) is 0 Å². The van der Waals surface area contributed by atoms with Crippen molar-refractivity contribution in [2.24, 2.45) is 0 Å². The first kappa shape index (κ1) is 31.0. The largest absolute Gasteiger partial charge is 0.455 e. The molecule has 0 amide bonds. The van der Waals surface area contributed by atoms with Gasteiger partial charge in [-0.05, 0) is 73.8 Å². The zero-order valence-electron chi connectivity index (χ0n) is 30.3. The van der Waals surface area contributed by atoms with Gasteiger partial charge in [-0.1, -0.05) is 176 Å². The summed E-state index contributed by atoms with van der Waals surface area (Å²) < 4.78 is 6.63. The number of para-hydroxylation sites is 2. The molecule has 0 saturated heterocycles. The normalized spacial score (nSPS) is 13.1. The Kier molecular flexibility index (Phi) is 6.55. The van der Waals surface area contributed by atoms with Crippen molar-refractivity contribution in [1.82, 2.24) is 9.97 Å². The van der Waals surface area contributed by atoms with Crippen LogP contribution in [0.2, 0.25) is 0 Å². The third-order valence-electron chi connectivity index (χ3n) is 11.9. The quantitative estimate of drug-likeness (QED) is 0.182. The molecule has 3 heteroatoms. The molecule has 0 unspecified atom stereocenters. The summed E-state index contributed by atoms with van der Waals surface area (Å²) in [6.07, 6.45) is 0. The van der Waals surface area contributed by atoms with Gasteiger partial charge in [0.2, 0.25) is 0 Å². The third kappa shape index (κ3) is 4.22. The van der Waals surface area contributed by atoms with E-state index in [1.807, 2.05) is 12.1 Å². The van der Waals surface area contributed by atoms with Crippen molar-refractivity contribution in [3.05, 3.63) is 216 Å². The molecule has 0 bridgehead atoms. The highest BCUT2D eigenvalue weighted by molar-refractivity contribution is 6.09. The Morgan fingerprint density at radius 1 is 0.357 bits per heavy atom. The highest BCUT2D eigenvalue weighted by atomic mass is 16.3. The summed E-state index contributed by atoms with van der Waals surface area (Å²) in [7, 11) is 0. The van der Waals surface area contributed by atoms with E-state index in [9.17, 15) is 0 Å². The fourth-order valence-electron chi connectivity index (χ4n) is 9.71. The lowest BCUT2D eigenvalue weighted by Crippen LogP contribution is -2.26. The Morgan fingerprint density at radius 3 is 1.55 bits per heavy atom. The standard InChI is InChI=1S/C53H32N2O/c1-2-16-33(17-3-1)34-18-4-5-22-38(34)47-32-48(42-26-15-25-41-39-23-9-13-31-49(39)56-51(41)42)55-52(54-47)43-27-14-24-40-37-21-8-12-30-46(37)53(50(40)43)44-28-10-6-19-35(44)36-20-7-11-29-45(36)53/h1-32H. The number of hydrogen-bond acceptors (Lipinski definition) is 3. The van der Waals surface area contributed by atoms with E-state index in [2.05, 4.69) is 182 Å². The minimum absolute atomic E-state index is 0.546. The molecule has 12 rings (SSSR count). The van der Waals surface area contributed by atoms with Crippen molar-refractivity contribution in [3.63, 3.8) is 0 Å². The lowest BCUT2D eigenvalue weighted by molar-refractivity contribution is 0.670. The fourth-order valence-corrected chi connectivity index (χ4v) is 9.71. The molecular weight excluding hydrogens is 681 g/mol. The van der Waals surface area contributed by atoms with E-state index < -0.39 is 5.41 Å². The molecule has 0 N–H and O–H groups in total. The number of hydrogen-bond donors (Lipinski definition) is 0. The van der Waals surface area contributed by atoms with Crippen LogP contribution < -0.4 is 0 Å². The zero-order valence-corrected chi connectivity index (χ0v) is 30.3. The second-order valence-electron chi connectivity index (χ2n) is 14.8. The molecule has 0 fully saturated rings. The van der Waals surface area contributed by atoms with Crippen LogP contribution in [0, 0.1) is 0 Å². The van der Waals surface area contributed by atoms with Crippen LogP contribution in [0.15, 0.2) is 199 Å². The Morgan fingerprint density at radius 2 is 0.839 bits per heavy atom. The van der Waals surface area contributed by atoms with Crippen LogP contribution in [0.3, 0.4) is 0 Å². The molecular formula is C53H32N2O. The van der Waals surface area contributed by atoms with E-state index in [0.717, 1.165) is 61.1 Å². The lowest BCUT2D eigenvalue weighted by Gasteiger charge is -2.32. The van der Waals surface area contributed by atoms with Gasteiger partial charge in [-0.2, -0.15) is 0 Å². The molecule has 0 aliphatic heterocycles. The summed E-state index contributed by atoms with van der Waals surface area (Å²) >= 11 is 0. The SMILES string of the molecule is c1ccc(-c2ccccc2-c2cc(-c3cccc4c3oc3ccccc34)nc(-c3cccc4c3C3(c5ccccc5-c5ccccc53)c3ccccc3-4)n2)cc1. The third-order valence-corrected chi connectivity index (χ3v) is 11.9. The number of fused-ring (bicyclic) bond motifs is 13. The van der Waals surface area contributed by atoms with E-state index in [4.69, 9.17) is 14.4 Å². The average Bonchev–Trinajstić information content (AvgIpc) is 3.91. The number of nitrogens with zero attached hydrogens (tertiary/aromatic N) is 2. The first-order chi connectivity index (χ1) is 27.8. The molecule has 0 saturated carbocycles. The second-order valence-corrected chi connectivity index (χ2v) is 14.8. The van der Waals surface area contributed by atoms with Crippen molar-refractivity contribution in [3.8, 4) is 67.3 Å². The van der Waals surface area contributed by atoms with Crippen LogP contribution in [0.5, 0.6) is 0 Å². The van der Waals surface area contributed by atoms with E-state index in [-0.39, 0.29) is 0 Å². The van der Waals surface area contributed by atoms with Crippen LogP contribution in [0.1, 0.15) is 22.3 Å². The van der Waals surface area contributed by atoms with Crippen LogP contribution in [0.4, 0.5) is 0 Å². The predicted molar refractivity (Wildman–Crippen MR) is 227 cm³/mol. The van der Waals surface area contributed by atoms with Gasteiger partial charge in [0.1, 0.15) is 11.2 Å². The molecule has 260 valence electrons. The number of furan rings is 1. The Hall–Kier alpha value is -7.36. The summed E-state index contributed by atoms with van der Waals surface area (Å²) in [5, 5.41) is 2.16. The van der Waals surface area contributed by atoms with Crippen LogP contribution >= 0.6 is 0 Å². The molecule has 8 aromatic carbocycles. The summed E-state index contributed by atoms with van der Waals surface area (Å²) in [5.41, 5.74) is 18.1. The lowest BCUT2D eigenvalue weighted by atomic mass is 9.69. The highest BCUT2D eigenvalue weighted by Gasteiger charge is 2.52. The second kappa shape index (κ2) is 11.8. The highest BCUT2D eigenvalue weighted by Crippen LogP contribution is 2.64.